The fourth-order valence-corrected chi connectivity index (χ4v) is 2.96. The molecular weight excluding hydrogens is 314 g/mol. The monoisotopic (exact) mass is 335 g/mol. The molecule has 5 heteroatoms. The van der Waals surface area contributed by atoms with Crippen LogP contribution in [0, 0.1) is 0 Å². The van der Waals surface area contributed by atoms with Crippen molar-refractivity contribution in [3.05, 3.63) is 52.2 Å². The van der Waals surface area contributed by atoms with E-state index in [-0.39, 0.29) is 11.5 Å². The van der Waals surface area contributed by atoms with E-state index in [1.165, 1.54) is 0 Å². The topological polar surface area (TPSA) is 30.8 Å². The third-order valence-corrected chi connectivity index (χ3v) is 4.18. The van der Waals surface area contributed by atoms with Gasteiger partial charge in [0, 0.05) is 28.4 Å². The molecule has 1 heterocycles. The molecule has 0 spiro atoms. The Kier molecular flexibility index (Phi) is 6.06. The summed E-state index contributed by atoms with van der Waals surface area (Å²) in [5.74, 6) is 0.781. The number of rotatable bonds is 6. The highest BCUT2D eigenvalue weighted by molar-refractivity contribution is 7.99. The van der Waals surface area contributed by atoms with Crippen molar-refractivity contribution in [3.63, 3.8) is 0 Å². The highest BCUT2D eigenvalue weighted by Gasteiger charge is 2.16. The van der Waals surface area contributed by atoms with E-state index in [2.05, 4.69) is 37.6 Å². The Morgan fingerprint density at radius 2 is 2.00 bits per heavy atom. The van der Waals surface area contributed by atoms with Gasteiger partial charge in [-0.05, 0) is 56.3 Å². The predicted molar refractivity (Wildman–Crippen MR) is 96.2 cm³/mol. The molecule has 3 nitrogen and oxygen atoms in total. The van der Waals surface area contributed by atoms with Crippen LogP contribution in [0.4, 0.5) is 0 Å². The lowest BCUT2D eigenvalue weighted by molar-refractivity contribution is 0.0510. The molecule has 0 fully saturated rings. The maximum absolute atomic E-state index is 5.69. The average Bonchev–Trinajstić information content (AvgIpc) is 2.99. The standard InChI is InChI=1S/C17H21NO2S2/c1-17(2,3)22-18-16(13-9-10-21-11-13)14-7-5-6-8-15(14)20-12-19-4/h5-11H,12H2,1-4H3. The van der Waals surface area contributed by atoms with Crippen molar-refractivity contribution in [3.8, 4) is 5.75 Å². The van der Waals surface area contributed by atoms with Gasteiger partial charge >= 0.3 is 0 Å². The number of benzene rings is 1. The largest absolute Gasteiger partial charge is 0.467 e. The first-order chi connectivity index (χ1) is 10.5. The van der Waals surface area contributed by atoms with E-state index in [0.29, 0.717) is 0 Å². The van der Waals surface area contributed by atoms with Crippen LogP contribution in [0.25, 0.3) is 0 Å². The van der Waals surface area contributed by atoms with E-state index in [1.807, 2.05) is 24.3 Å². The minimum absolute atomic E-state index is 0.0591. The summed E-state index contributed by atoms with van der Waals surface area (Å²) in [6.07, 6.45) is 0. The van der Waals surface area contributed by atoms with Crippen LogP contribution in [0.15, 0.2) is 45.5 Å². The van der Waals surface area contributed by atoms with Gasteiger partial charge in [0.05, 0.1) is 5.71 Å². The van der Waals surface area contributed by atoms with Gasteiger partial charge in [-0.3, -0.25) is 0 Å². The van der Waals surface area contributed by atoms with Crippen molar-refractivity contribution in [2.45, 2.75) is 25.5 Å². The summed E-state index contributed by atoms with van der Waals surface area (Å²) < 4.78 is 15.6. The van der Waals surface area contributed by atoms with Crippen LogP contribution < -0.4 is 4.74 Å². The van der Waals surface area contributed by atoms with Gasteiger partial charge in [-0.2, -0.15) is 11.3 Å². The lowest BCUT2D eigenvalue weighted by Crippen LogP contribution is -2.10. The second kappa shape index (κ2) is 7.81. The minimum Gasteiger partial charge on any atom is -0.467 e. The quantitative estimate of drug-likeness (QED) is 0.422. The summed E-state index contributed by atoms with van der Waals surface area (Å²) in [5.41, 5.74) is 3.03. The normalized spacial score (nSPS) is 12.5. The van der Waals surface area contributed by atoms with Gasteiger partial charge in [0.25, 0.3) is 0 Å². The Labute approximate surface area is 140 Å². The summed E-state index contributed by atoms with van der Waals surface area (Å²) in [5, 5.41) is 4.17. The van der Waals surface area contributed by atoms with E-state index in [0.717, 1.165) is 22.6 Å². The summed E-state index contributed by atoms with van der Waals surface area (Å²) in [6, 6.07) is 10.0. The van der Waals surface area contributed by atoms with Gasteiger partial charge in [0.1, 0.15) is 5.75 Å². The zero-order chi connectivity index (χ0) is 16.0. The van der Waals surface area contributed by atoms with Crippen LogP contribution in [0.3, 0.4) is 0 Å². The number of ether oxygens (including phenoxy) is 2. The Morgan fingerprint density at radius 3 is 2.64 bits per heavy atom. The predicted octanol–water partition coefficient (Wildman–Crippen LogP) is 5.01. The zero-order valence-corrected chi connectivity index (χ0v) is 15.0. The molecule has 0 radical (unpaired) electrons. The van der Waals surface area contributed by atoms with Crippen LogP contribution in [0.5, 0.6) is 5.75 Å². The molecule has 22 heavy (non-hydrogen) atoms. The molecule has 0 aliphatic carbocycles. The SMILES string of the molecule is COCOc1ccccc1C(=NSC(C)(C)C)c1ccsc1. The molecule has 0 bridgehead atoms. The third kappa shape index (κ3) is 4.87. The second-order valence-corrected chi connectivity index (χ2v) is 8.07. The fourth-order valence-electron chi connectivity index (χ4n) is 1.75. The van der Waals surface area contributed by atoms with Crippen molar-refractivity contribution >= 4 is 29.0 Å². The van der Waals surface area contributed by atoms with Crippen molar-refractivity contribution in [2.75, 3.05) is 13.9 Å². The molecule has 118 valence electrons. The number of hydrogen-bond donors (Lipinski definition) is 0. The summed E-state index contributed by atoms with van der Waals surface area (Å²) in [6.45, 7) is 6.68. The molecule has 0 N–H and O–H groups in total. The minimum atomic E-state index is 0.0591. The maximum atomic E-state index is 5.69. The molecule has 0 aliphatic heterocycles. The molecule has 0 aliphatic rings. The second-order valence-electron chi connectivity index (χ2n) is 5.70. The van der Waals surface area contributed by atoms with E-state index in [4.69, 9.17) is 13.9 Å². The highest BCUT2D eigenvalue weighted by Crippen LogP contribution is 2.29. The number of thiophene rings is 1. The third-order valence-electron chi connectivity index (χ3n) is 2.68. The van der Waals surface area contributed by atoms with E-state index in [1.54, 1.807) is 30.4 Å². The van der Waals surface area contributed by atoms with Crippen LogP contribution in [-0.2, 0) is 4.74 Å². The molecule has 2 aromatic rings. The number of hydrogen-bond acceptors (Lipinski definition) is 5. The first-order valence-electron chi connectivity index (χ1n) is 7.01. The van der Waals surface area contributed by atoms with Crippen LogP contribution in [-0.4, -0.2) is 24.4 Å². The molecule has 0 atom stereocenters. The number of nitrogens with zero attached hydrogens (tertiary/aromatic N) is 1. The molecule has 0 unspecified atom stereocenters. The summed E-state index contributed by atoms with van der Waals surface area (Å²) in [4.78, 5) is 0. The Morgan fingerprint density at radius 1 is 1.23 bits per heavy atom. The molecule has 1 aromatic carbocycles. The van der Waals surface area contributed by atoms with Crippen LogP contribution in [0.2, 0.25) is 0 Å². The zero-order valence-electron chi connectivity index (χ0n) is 13.3. The first-order valence-corrected chi connectivity index (χ1v) is 8.73. The summed E-state index contributed by atoms with van der Waals surface area (Å²) >= 11 is 3.24. The summed E-state index contributed by atoms with van der Waals surface area (Å²) in [7, 11) is 1.62. The molecule has 1 aromatic heterocycles. The van der Waals surface area contributed by atoms with Crippen molar-refractivity contribution < 1.29 is 9.47 Å². The number of methoxy groups -OCH3 is 1. The van der Waals surface area contributed by atoms with Crippen LogP contribution in [0.1, 0.15) is 31.9 Å². The van der Waals surface area contributed by atoms with E-state index < -0.39 is 0 Å². The fraction of sp³-hybridized carbons (Fsp3) is 0.353. The lowest BCUT2D eigenvalue weighted by atomic mass is 10.0. The molecule has 0 saturated heterocycles. The smallest absolute Gasteiger partial charge is 0.188 e. The Balaban J connectivity index is 2.42. The lowest BCUT2D eigenvalue weighted by Gasteiger charge is -2.16. The average molecular weight is 335 g/mol. The van der Waals surface area contributed by atoms with Gasteiger partial charge in [-0.25, -0.2) is 4.40 Å². The highest BCUT2D eigenvalue weighted by atomic mass is 32.2. The Hall–Kier alpha value is -1.30. The van der Waals surface area contributed by atoms with Gasteiger partial charge in [-0.1, -0.05) is 12.1 Å². The maximum Gasteiger partial charge on any atom is 0.188 e. The molecule has 2 rings (SSSR count). The van der Waals surface area contributed by atoms with E-state index >= 15 is 0 Å². The molecule has 0 saturated carbocycles. The van der Waals surface area contributed by atoms with Gasteiger partial charge in [-0.15, -0.1) is 0 Å². The van der Waals surface area contributed by atoms with Gasteiger partial charge < -0.3 is 9.47 Å². The first kappa shape index (κ1) is 17.1. The Bertz CT molecular complexity index is 616. The van der Waals surface area contributed by atoms with Crippen molar-refractivity contribution in [1.29, 1.82) is 0 Å². The van der Waals surface area contributed by atoms with E-state index in [9.17, 15) is 0 Å². The molecule has 0 amide bonds. The van der Waals surface area contributed by atoms with Crippen LogP contribution >= 0.6 is 23.3 Å². The molecular formula is C17H21NO2S2. The van der Waals surface area contributed by atoms with Crippen molar-refractivity contribution in [1.82, 2.24) is 0 Å². The van der Waals surface area contributed by atoms with Gasteiger partial charge in [0.15, 0.2) is 6.79 Å². The van der Waals surface area contributed by atoms with Crippen molar-refractivity contribution in [2.24, 2.45) is 4.40 Å². The van der Waals surface area contributed by atoms with Gasteiger partial charge in [0.2, 0.25) is 0 Å². The number of para-hydroxylation sites is 1.